The number of nitrogens with one attached hydrogen (secondary N) is 1. The lowest BCUT2D eigenvalue weighted by Crippen LogP contribution is -2.61. The van der Waals surface area contributed by atoms with Gasteiger partial charge in [-0.05, 0) is 17.7 Å². The Bertz CT molecular complexity index is 500. The van der Waals surface area contributed by atoms with E-state index in [1.807, 2.05) is 42.1 Å². The zero-order valence-electron chi connectivity index (χ0n) is 11.2. The van der Waals surface area contributed by atoms with Gasteiger partial charge in [-0.15, -0.1) is 0 Å². The number of benzene rings is 1. The van der Waals surface area contributed by atoms with Crippen molar-refractivity contribution in [1.82, 2.24) is 10.2 Å². The monoisotopic (exact) mass is 290 g/mol. The molecular formula is C15H18N2O2S. The van der Waals surface area contributed by atoms with Crippen LogP contribution < -0.4 is 5.32 Å². The van der Waals surface area contributed by atoms with Gasteiger partial charge < -0.3 is 10.2 Å². The molecule has 2 heterocycles. The molecule has 5 heteroatoms. The van der Waals surface area contributed by atoms with E-state index in [4.69, 9.17) is 0 Å². The van der Waals surface area contributed by atoms with Crippen LogP contribution in [0.15, 0.2) is 30.3 Å². The molecule has 0 aliphatic carbocycles. The van der Waals surface area contributed by atoms with Crippen LogP contribution in [0.25, 0.3) is 0 Å². The van der Waals surface area contributed by atoms with Gasteiger partial charge in [0.2, 0.25) is 11.8 Å². The van der Waals surface area contributed by atoms with Gasteiger partial charge in [-0.3, -0.25) is 9.59 Å². The largest absolute Gasteiger partial charge is 0.342 e. The SMILES string of the molecule is O=C1CN(C2CCSC2)C(=O)C(Cc2ccccc2)N1. The number of rotatable bonds is 3. The number of hydrogen-bond acceptors (Lipinski definition) is 3. The average Bonchev–Trinajstić information content (AvgIpc) is 2.97. The van der Waals surface area contributed by atoms with Crippen molar-refractivity contribution in [2.24, 2.45) is 0 Å². The predicted octanol–water partition coefficient (Wildman–Crippen LogP) is 1.06. The van der Waals surface area contributed by atoms with Crippen molar-refractivity contribution in [3.63, 3.8) is 0 Å². The van der Waals surface area contributed by atoms with Gasteiger partial charge >= 0.3 is 0 Å². The highest BCUT2D eigenvalue weighted by atomic mass is 32.2. The smallest absolute Gasteiger partial charge is 0.246 e. The summed E-state index contributed by atoms with van der Waals surface area (Å²) < 4.78 is 0. The predicted molar refractivity (Wildman–Crippen MR) is 79.5 cm³/mol. The lowest BCUT2D eigenvalue weighted by atomic mass is 10.0. The van der Waals surface area contributed by atoms with Crippen LogP contribution in [-0.2, 0) is 16.0 Å². The van der Waals surface area contributed by atoms with Gasteiger partial charge in [0, 0.05) is 18.2 Å². The first-order chi connectivity index (χ1) is 9.74. The normalized spacial score (nSPS) is 26.7. The molecule has 0 radical (unpaired) electrons. The summed E-state index contributed by atoms with van der Waals surface area (Å²) in [4.78, 5) is 26.2. The summed E-state index contributed by atoms with van der Waals surface area (Å²) in [5.74, 6) is 2.07. The molecule has 2 saturated heterocycles. The van der Waals surface area contributed by atoms with Gasteiger partial charge in [0.1, 0.15) is 6.04 Å². The van der Waals surface area contributed by atoms with Crippen molar-refractivity contribution in [2.75, 3.05) is 18.1 Å². The fourth-order valence-corrected chi connectivity index (χ4v) is 4.02. The second-order valence-corrected chi connectivity index (χ2v) is 6.44. The third-order valence-corrected chi connectivity index (χ3v) is 5.00. The standard InChI is InChI=1S/C15H18N2O2S/c18-14-9-17(12-6-7-20-10-12)15(19)13(16-14)8-11-4-2-1-3-5-11/h1-5,12-13H,6-10H2,(H,16,18). The maximum atomic E-state index is 12.6. The van der Waals surface area contributed by atoms with Crippen molar-refractivity contribution in [1.29, 1.82) is 0 Å². The minimum Gasteiger partial charge on any atom is -0.342 e. The molecule has 2 unspecified atom stereocenters. The van der Waals surface area contributed by atoms with Crippen LogP contribution in [0, 0.1) is 0 Å². The Morgan fingerprint density at radius 2 is 2.05 bits per heavy atom. The van der Waals surface area contributed by atoms with Gasteiger partial charge in [-0.25, -0.2) is 0 Å². The molecule has 2 fully saturated rings. The Hall–Kier alpha value is -1.49. The van der Waals surface area contributed by atoms with Crippen LogP contribution >= 0.6 is 11.8 Å². The molecule has 1 N–H and O–H groups in total. The highest BCUT2D eigenvalue weighted by Crippen LogP contribution is 2.24. The summed E-state index contributed by atoms with van der Waals surface area (Å²) in [6.07, 6.45) is 1.57. The van der Waals surface area contributed by atoms with Crippen LogP contribution in [0.1, 0.15) is 12.0 Å². The lowest BCUT2D eigenvalue weighted by molar-refractivity contribution is -0.146. The van der Waals surface area contributed by atoms with E-state index in [1.54, 1.807) is 4.90 Å². The molecular weight excluding hydrogens is 272 g/mol. The van der Waals surface area contributed by atoms with E-state index in [9.17, 15) is 9.59 Å². The maximum absolute atomic E-state index is 12.6. The Balaban J connectivity index is 1.73. The molecule has 1 aromatic carbocycles. The van der Waals surface area contributed by atoms with E-state index < -0.39 is 6.04 Å². The first-order valence-electron chi connectivity index (χ1n) is 6.95. The van der Waals surface area contributed by atoms with E-state index in [2.05, 4.69) is 5.32 Å². The molecule has 2 aliphatic rings. The Labute approximate surface area is 122 Å². The topological polar surface area (TPSA) is 49.4 Å². The fraction of sp³-hybridized carbons (Fsp3) is 0.467. The molecule has 0 bridgehead atoms. The molecule has 0 saturated carbocycles. The molecule has 2 aliphatic heterocycles. The van der Waals surface area contributed by atoms with E-state index in [0.29, 0.717) is 6.42 Å². The van der Waals surface area contributed by atoms with E-state index in [0.717, 1.165) is 23.5 Å². The molecule has 2 atom stereocenters. The highest BCUT2D eigenvalue weighted by molar-refractivity contribution is 7.99. The summed E-state index contributed by atoms with van der Waals surface area (Å²) in [6, 6.07) is 9.66. The second-order valence-electron chi connectivity index (χ2n) is 5.29. The number of thioether (sulfide) groups is 1. The summed E-state index contributed by atoms with van der Waals surface area (Å²) in [6.45, 7) is 0.218. The molecule has 106 valence electrons. The molecule has 4 nitrogen and oxygen atoms in total. The van der Waals surface area contributed by atoms with Crippen LogP contribution in [-0.4, -0.2) is 46.8 Å². The third kappa shape index (κ3) is 2.82. The van der Waals surface area contributed by atoms with Crippen molar-refractivity contribution in [2.45, 2.75) is 24.9 Å². The summed E-state index contributed by atoms with van der Waals surface area (Å²) >= 11 is 1.86. The van der Waals surface area contributed by atoms with E-state index in [1.165, 1.54) is 0 Å². The Kier molecular flexibility index (Phi) is 3.96. The molecule has 2 amide bonds. The zero-order valence-corrected chi connectivity index (χ0v) is 12.1. The van der Waals surface area contributed by atoms with Crippen LogP contribution in [0.3, 0.4) is 0 Å². The van der Waals surface area contributed by atoms with Gasteiger partial charge in [-0.2, -0.15) is 11.8 Å². The first kappa shape index (κ1) is 13.5. The minimum atomic E-state index is -0.413. The Morgan fingerprint density at radius 3 is 2.75 bits per heavy atom. The van der Waals surface area contributed by atoms with E-state index >= 15 is 0 Å². The average molecular weight is 290 g/mol. The number of amides is 2. The van der Waals surface area contributed by atoms with Crippen molar-refractivity contribution in [3.8, 4) is 0 Å². The Morgan fingerprint density at radius 1 is 1.25 bits per heavy atom. The van der Waals surface area contributed by atoms with Gasteiger partial charge in [0.25, 0.3) is 0 Å². The van der Waals surface area contributed by atoms with Crippen LogP contribution in [0.4, 0.5) is 0 Å². The summed E-state index contributed by atoms with van der Waals surface area (Å²) in [5, 5.41) is 2.83. The van der Waals surface area contributed by atoms with Crippen molar-refractivity contribution >= 4 is 23.6 Å². The number of hydrogen-bond donors (Lipinski definition) is 1. The van der Waals surface area contributed by atoms with Crippen molar-refractivity contribution in [3.05, 3.63) is 35.9 Å². The van der Waals surface area contributed by atoms with Gasteiger partial charge in [-0.1, -0.05) is 30.3 Å². The molecule has 0 spiro atoms. The zero-order chi connectivity index (χ0) is 13.9. The molecule has 0 aromatic heterocycles. The summed E-state index contributed by atoms with van der Waals surface area (Å²) in [5.41, 5.74) is 1.08. The van der Waals surface area contributed by atoms with Crippen molar-refractivity contribution < 1.29 is 9.59 Å². The van der Waals surface area contributed by atoms with Gasteiger partial charge in [0.05, 0.1) is 6.54 Å². The number of nitrogens with zero attached hydrogens (tertiary/aromatic N) is 1. The summed E-state index contributed by atoms with van der Waals surface area (Å²) in [7, 11) is 0. The first-order valence-corrected chi connectivity index (χ1v) is 8.11. The fourth-order valence-electron chi connectivity index (χ4n) is 2.80. The van der Waals surface area contributed by atoms with E-state index in [-0.39, 0.29) is 24.4 Å². The molecule has 1 aromatic rings. The quantitative estimate of drug-likeness (QED) is 0.905. The number of carbonyl (C=O) groups is 2. The van der Waals surface area contributed by atoms with Gasteiger partial charge in [0.15, 0.2) is 0 Å². The lowest BCUT2D eigenvalue weighted by Gasteiger charge is -2.36. The highest BCUT2D eigenvalue weighted by Gasteiger charge is 2.37. The van der Waals surface area contributed by atoms with Crippen LogP contribution in [0.5, 0.6) is 0 Å². The number of piperazine rings is 1. The van der Waals surface area contributed by atoms with Crippen LogP contribution in [0.2, 0.25) is 0 Å². The molecule has 3 rings (SSSR count). The third-order valence-electron chi connectivity index (χ3n) is 3.86. The maximum Gasteiger partial charge on any atom is 0.246 e. The minimum absolute atomic E-state index is 0.0394. The molecule has 20 heavy (non-hydrogen) atoms. The number of carbonyl (C=O) groups excluding carboxylic acids is 2. The second kappa shape index (κ2) is 5.87.